The number of nitrogens with two attached hydrogens (primary N) is 1. The van der Waals surface area contributed by atoms with Crippen LogP contribution in [0, 0.1) is 0 Å². The highest BCUT2D eigenvalue weighted by molar-refractivity contribution is 5.74. The predicted octanol–water partition coefficient (Wildman–Crippen LogP) is 1.65. The Morgan fingerprint density at radius 1 is 1.50 bits per heavy atom. The summed E-state index contributed by atoms with van der Waals surface area (Å²) in [4.78, 5) is 8.00. The van der Waals surface area contributed by atoms with Crippen molar-refractivity contribution >= 4 is 11.9 Å². The number of pyridine rings is 1. The summed E-state index contributed by atoms with van der Waals surface area (Å²) in [6.07, 6.45) is 6.82. The molecule has 1 rings (SSSR count). The van der Waals surface area contributed by atoms with E-state index in [-0.39, 0.29) is 0 Å². The molecular formula is C9H11N3. The molecule has 0 saturated heterocycles. The Morgan fingerprint density at radius 2 is 2.17 bits per heavy atom. The molecular weight excluding hydrogens is 150 g/mol. The smallest absolute Gasteiger partial charge is 0.0660 e. The van der Waals surface area contributed by atoms with E-state index in [9.17, 15) is 0 Å². The highest BCUT2D eigenvalue weighted by atomic mass is 14.7. The van der Waals surface area contributed by atoms with Gasteiger partial charge in [0.25, 0.3) is 0 Å². The van der Waals surface area contributed by atoms with Gasteiger partial charge in [0.1, 0.15) is 0 Å². The second-order valence-corrected chi connectivity index (χ2v) is 2.39. The van der Waals surface area contributed by atoms with Gasteiger partial charge >= 0.3 is 0 Å². The first-order valence-electron chi connectivity index (χ1n) is 3.65. The molecule has 0 bridgehead atoms. The Labute approximate surface area is 71.7 Å². The van der Waals surface area contributed by atoms with Crippen LogP contribution < -0.4 is 5.73 Å². The van der Waals surface area contributed by atoms with E-state index < -0.39 is 0 Å². The van der Waals surface area contributed by atoms with Crippen LogP contribution in [0.5, 0.6) is 0 Å². The van der Waals surface area contributed by atoms with Gasteiger partial charge < -0.3 is 5.73 Å². The molecule has 0 radical (unpaired) electrons. The number of rotatable bonds is 2. The van der Waals surface area contributed by atoms with Crippen molar-refractivity contribution in [2.24, 2.45) is 10.7 Å². The van der Waals surface area contributed by atoms with Crippen LogP contribution in [0.2, 0.25) is 0 Å². The Balaban J connectivity index is 2.64. The monoisotopic (exact) mass is 161 g/mol. The van der Waals surface area contributed by atoms with E-state index in [0.717, 1.165) is 11.4 Å². The van der Waals surface area contributed by atoms with Crippen molar-refractivity contribution in [3.8, 4) is 0 Å². The first kappa shape index (κ1) is 8.46. The molecule has 0 aliphatic rings. The molecule has 3 nitrogen and oxygen atoms in total. The molecule has 1 aromatic heterocycles. The quantitative estimate of drug-likeness (QED) is 0.670. The molecule has 0 aliphatic carbocycles. The molecule has 0 saturated carbocycles. The summed E-state index contributed by atoms with van der Waals surface area (Å²) in [5.41, 5.74) is 7.03. The average molecular weight is 161 g/mol. The van der Waals surface area contributed by atoms with Gasteiger partial charge in [-0.05, 0) is 25.1 Å². The second kappa shape index (κ2) is 4.28. The molecule has 0 aromatic carbocycles. The average Bonchev–Trinajstić information content (AvgIpc) is 2.05. The van der Waals surface area contributed by atoms with Gasteiger partial charge in [-0.1, -0.05) is 0 Å². The lowest BCUT2D eigenvalue weighted by atomic mass is 10.4. The molecule has 1 aromatic rings. The van der Waals surface area contributed by atoms with Crippen LogP contribution in [0.3, 0.4) is 0 Å². The molecule has 0 fully saturated rings. The maximum atomic E-state index is 5.41. The van der Waals surface area contributed by atoms with Crippen LogP contribution in [0.4, 0.5) is 5.69 Å². The summed E-state index contributed by atoms with van der Waals surface area (Å²) in [6.45, 7) is 1.82. The minimum absolute atomic E-state index is 0.743. The van der Waals surface area contributed by atoms with Crippen molar-refractivity contribution in [3.05, 3.63) is 36.3 Å². The third kappa shape index (κ3) is 2.96. The molecule has 0 atom stereocenters. The summed E-state index contributed by atoms with van der Waals surface area (Å²) in [7, 11) is 0. The second-order valence-electron chi connectivity index (χ2n) is 2.39. The van der Waals surface area contributed by atoms with Crippen LogP contribution in [0.25, 0.3) is 0 Å². The fourth-order valence-corrected chi connectivity index (χ4v) is 0.671. The predicted molar refractivity (Wildman–Crippen MR) is 50.3 cm³/mol. The highest BCUT2D eigenvalue weighted by Crippen LogP contribution is 2.06. The van der Waals surface area contributed by atoms with Gasteiger partial charge in [0.2, 0.25) is 0 Å². The molecule has 0 unspecified atom stereocenters. The van der Waals surface area contributed by atoms with E-state index in [1.165, 1.54) is 0 Å². The number of aromatic nitrogens is 1. The third-order valence-electron chi connectivity index (χ3n) is 1.22. The van der Waals surface area contributed by atoms with Gasteiger partial charge in [0, 0.05) is 24.3 Å². The normalized spacial score (nSPS) is 12.2. The standard InChI is InChI=1S/C9H11N3/c1-8(10)2-7-12-9-3-5-11-6-4-9/h2-7H,10H2,1H3/b8-2-,12-7?. The fraction of sp³-hybridized carbons (Fsp3) is 0.111. The summed E-state index contributed by atoms with van der Waals surface area (Å²) >= 11 is 0. The Hall–Kier alpha value is -1.64. The zero-order chi connectivity index (χ0) is 8.81. The lowest BCUT2D eigenvalue weighted by Crippen LogP contribution is -1.89. The molecule has 3 heteroatoms. The Bertz CT molecular complexity index is 284. The number of hydrogen-bond acceptors (Lipinski definition) is 3. The maximum absolute atomic E-state index is 5.41. The third-order valence-corrected chi connectivity index (χ3v) is 1.22. The lowest BCUT2D eigenvalue weighted by molar-refractivity contribution is 1.31. The van der Waals surface area contributed by atoms with E-state index in [4.69, 9.17) is 5.73 Å². The van der Waals surface area contributed by atoms with Crippen molar-refractivity contribution in [3.63, 3.8) is 0 Å². The van der Waals surface area contributed by atoms with Crippen molar-refractivity contribution < 1.29 is 0 Å². The van der Waals surface area contributed by atoms with Gasteiger partial charge in [0.05, 0.1) is 5.69 Å². The number of hydrogen-bond donors (Lipinski definition) is 1. The summed E-state index contributed by atoms with van der Waals surface area (Å²) in [5, 5.41) is 0. The Morgan fingerprint density at radius 3 is 2.75 bits per heavy atom. The number of allylic oxidation sites excluding steroid dienone is 2. The van der Waals surface area contributed by atoms with E-state index in [0.29, 0.717) is 0 Å². The molecule has 1 heterocycles. The van der Waals surface area contributed by atoms with E-state index in [1.54, 1.807) is 24.7 Å². The molecule has 0 spiro atoms. The minimum Gasteiger partial charge on any atom is -0.402 e. The van der Waals surface area contributed by atoms with Crippen molar-refractivity contribution in [1.82, 2.24) is 4.98 Å². The van der Waals surface area contributed by atoms with E-state index in [1.807, 2.05) is 19.1 Å². The van der Waals surface area contributed by atoms with Crippen LogP contribution in [-0.4, -0.2) is 11.2 Å². The van der Waals surface area contributed by atoms with Crippen molar-refractivity contribution in [2.45, 2.75) is 6.92 Å². The lowest BCUT2D eigenvalue weighted by Gasteiger charge is -1.88. The maximum Gasteiger partial charge on any atom is 0.0660 e. The van der Waals surface area contributed by atoms with Gasteiger partial charge in [0.15, 0.2) is 0 Å². The minimum atomic E-state index is 0.743. The van der Waals surface area contributed by atoms with Crippen LogP contribution in [0.1, 0.15) is 6.92 Å². The number of nitrogens with zero attached hydrogens (tertiary/aromatic N) is 2. The SMILES string of the molecule is C/C(N)=C/C=Nc1ccncc1. The first-order chi connectivity index (χ1) is 5.79. The summed E-state index contributed by atoms with van der Waals surface area (Å²) < 4.78 is 0. The molecule has 0 aliphatic heterocycles. The summed E-state index contributed by atoms with van der Waals surface area (Å²) in [6, 6.07) is 3.66. The van der Waals surface area contributed by atoms with Gasteiger partial charge in [-0.3, -0.25) is 9.98 Å². The molecule has 2 N–H and O–H groups in total. The zero-order valence-electron chi connectivity index (χ0n) is 6.94. The van der Waals surface area contributed by atoms with Crippen molar-refractivity contribution in [2.75, 3.05) is 0 Å². The van der Waals surface area contributed by atoms with E-state index >= 15 is 0 Å². The zero-order valence-corrected chi connectivity index (χ0v) is 6.94. The Kier molecular flexibility index (Phi) is 3.02. The molecule has 12 heavy (non-hydrogen) atoms. The van der Waals surface area contributed by atoms with Crippen LogP contribution in [-0.2, 0) is 0 Å². The van der Waals surface area contributed by atoms with E-state index in [2.05, 4.69) is 9.98 Å². The number of aliphatic imine (C=N–C) groups is 1. The van der Waals surface area contributed by atoms with Crippen LogP contribution in [0.15, 0.2) is 41.3 Å². The largest absolute Gasteiger partial charge is 0.402 e. The van der Waals surface area contributed by atoms with Crippen molar-refractivity contribution in [1.29, 1.82) is 0 Å². The van der Waals surface area contributed by atoms with Gasteiger partial charge in [-0.15, -0.1) is 0 Å². The van der Waals surface area contributed by atoms with Gasteiger partial charge in [-0.2, -0.15) is 0 Å². The fourth-order valence-electron chi connectivity index (χ4n) is 0.671. The van der Waals surface area contributed by atoms with Gasteiger partial charge in [-0.25, -0.2) is 0 Å². The first-order valence-corrected chi connectivity index (χ1v) is 3.65. The molecule has 0 amide bonds. The summed E-state index contributed by atoms with van der Waals surface area (Å²) in [5.74, 6) is 0. The van der Waals surface area contributed by atoms with Crippen LogP contribution >= 0.6 is 0 Å². The highest BCUT2D eigenvalue weighted by Gasteiger charge is 1.81. The molecule has 62 valence electrons. The topological polar surface area (TPSA) is 51.3 Å².